The van der Waals surface area contributed by atoms with Crippen molar-refractivity contribution in [2.45, 2.75) is 11.3 Å². The number of benzene rings is 1. The first-order valence-electron chi connectivity index (χ1n) is 6.33. The van der Waals surface area contributed by atoms with E-state index in [0.29, 0.717) is 18.7 Å². The Bertz CT molecular complexity index is 639. The minimum absolute atomic E-state index is 0.0850. The van der Waals surface area contributed by atoms with Crippen molar-refractivity contribution in [3.63, 3.8) is 0 Å². The van der Waals surface area contributed by atoms with Crippen LogP contribution in [0.4, 0.5) is 0 Å². The molecule has 0 unspecified atom stereocenters. The lowest BCUT2D eigenvalue weighted by Crippen LogP contribution is -2.25. The Labute approximate surface area is 127 Å². The summed E-state index contributed by atoms with van der Waals surface area (Å²) in [4.78, 5) is 4.27. The minimum atomic E-state index is -3.53. The molecule has 1 aromatic heterocycles. The molecule has 2 N–H and O–H groups in total. The molecule has 0 saturated heterocycles. The molecule has 2 aromatic rings. The Hall–Kier alpha value is -1.48. The van der Waals surface area contributed by atoms with Gasteiger partial charge in [0.1, 0.15) is 12.4 Å². The molecule has 6 nitrogen and oxygen atoms in total. The molecule has 0 saturated carbocycles. The van der Waals surface area contributed by atoms with E-state index in [9.17, 15) is 8.42 Å². The van der Waals surface area contributed by atoms with E-state index in [2.05, 4.69) is 9.71 Å². The van der Waals surface area contributed by atoms with Crippen LogP contribution >= 0.6 is 11.3 Å². The van der Waals surface area contributed by atoms with Crippen LogP contribution in [-0.2, 0) is 16.4 Å². The van der Waals surface area contributed by atoms with Crippen molar-refractivity contribution < 1.29 is 18.3 Å². The van der Waals surface area contributed by atoms with E-state index in [1.54, 1.807) is 18.3 Å². The Morgan fingerprint density at radius 1 is 1.29 bits per heavy atom. The number of hydrogen-bond donors (Lipinski definition) is 2. The van der Waals surface area contributed by atoms with Crippen molar-refractivity contribution in [3.8, 4) is 5.75 Å². The van der Waals surface area contributed by atoms with E-state index in [4.69, 9.17) is 9.84 Å². The molecule has 0 atom stereocenters. The number of ether oxygens (including phenoxy) is 1. The molecule has 0 amide bonds. The fourth-order valence-electron chi connectivity index (χ4n) is 1.63. The summed E-state index contributed by atoms with van der Waals surface area (Å²) in [5.41, 5.74) is 0. The predicted molar refractivity (Wildman–Crippen MR) is 80.0 cm³/mol. The number of thiazole rings is 1. The van der Waals surface area contributed by atoms with Crippen molar-refractivity contribution >= 4 is 21.4 Å². The van der Waals surface area contributed by atoms with Gasteiger partial charge in [-0.25, -0.2) is 18.1 Å². The van der Waals surface area contributed by atoms with Crippen LogP contribution in [0.3, 0.4) is 0 Å². The average molecular weight is 328 g/mol. The van der Waals surface area contributed by atoms with Crippen LogP contribution in [0.25, 0.3) is 0 Å². The summed E-state index contributed by atoms with van der Waals surface area (Å²) < 4.78 is 31.9. The minimum Gasteiger partial charge on any atom is -0.491 e. The quantitative estimate of drug-likeness (QED) is 0.756. The lowest BCUT2D eigenvalue weighted by molar-refractivity contribution is 0.201. The zero-order valence-corrected chi connectivity index (χ0v) is 12.9. The average Bonchev–Trinajstić information content (AvgIpc) is 2.98. The van der Waals surface area contributed by atoms with Gasteiger partial charge in [0.2, 0.25) is 10.0 Å². The molecule has 0 fully saturated rings. The van der Waals surface area contributed by atoms with Crippen LogP contribution in [0.5, 0.6) is 5.75 Å². The maximum Gasteiger partial charge on any atom is 0.240 e. The van der Waals surface area contributed by atoms with E-state index < -0.39 is 10.0 Å². The Morgan fingerprint density at radius 3 is 2.67 bits per heavy atom. The highest BCUT2D eigenvalue weighted by molar-refractivity contribution is 7.89. The molecule has 2 rings (SSSR count). The standard InChI is InChI=1S/C13H16N2O4S2/c16-8-9-19-11-1-3-12(4-2-11)21(17,18)15-6-5-13-14-7-10-20-13/h1-4,7,10,15-16H,5-6,8-9H2. The van der Waals surface area contributed by atoms with Crippen LogP contribution in [-0.4, -0.2) is 38.3 Å². The van der Waals surface area contributed by atoms with Gasteiger partial charge in [-0.1, -0.05) is 0 Å². The highest BCUT2D eigenvalue weighted by atomic mass is 32.2. The molecule has 0 aliphatic carbocycles. The number of rotatable bonds is 8. The summed E-state index contributed by atoms with van der Waals surface area (Å²) in [6.07, 6.45) is 2.26. The van der Waals surface area contributed by atoms with Gasteiger partial charge in [-0.3, -0.25) is 0 Å². The second-order valence-electron chi connectivity index (χ2n) is 4.12. The maximum atomic E-state index is 12.1. The number of nitrogens with zero attached hydrogens (tertiary/aromatic N) is 1. The molecular formula is C13H16N2O4S2. The topological polar surface area (TPSA) is 88.5 Å². The monoisotopic (exact) mass is 328 g/mol. The molecule has 0 aliphatic heterocycles. The van der Waals surface area contributed by atoms with Gasteiger partial charge in [-0.05, 0) is 24.3 Å². The Balaban J connectivity index is 1.92. The molecule has 1 aromatic carbocycles. The number of aliphatic hydroxyl groups is 1. The van der Waals surface area contributed by atoms with E-state index in [1.165, 1.54) is 23.5 Å². The fourth-order valence-corrected chi connectivity index (χ4v) is 3.28. The zero-order chi connectivity index (χ0) is 15.1. The highest BCUT2D eigenvalue weighted by Crippen LogP contribution is 2.15. The smallest absolute Gasteiger partial charge is 0.240 e. The predicted octanol–water partition coefficient (Wildman–Crippen LogP) is 1.04. The van der Waals surface area contributed by atoms with Gasteiger partial charge in [-0.2, -0.15) is 0 Å². The van der Waals surface area contributed by atoms with Gasteiger partial charge in [0, 0.05) is 24.5 Å². The van der Waals surface area contributed by atoms with Crippen molar-refractivity contribution in [2.24, 2.45) is 0 Å². The third-order valence-corrected chi connectivity index (χ3v) is 4.92. The van der Waals surface area contributed by atoms with Crippen molar-refractivity contribution in [3.05, 3.63) is 40.8 Å². The van der Waals surface area contributed by atoms with Crippen molar-refractivity contribution in [1.29, 1.82) is 0 Å². The van der Waals surface area contributed by atoms with Crippen LogP contribution in [0, 0.1) is 0 Å². The first kappa shape index (κ1) is 15.9. The van der Waals surface area contributed by atoms with E-state index >= 15 is 0 Å². The second kappa shape index (κ2) is 7.51. The molecule has 21 heavy (non-hydrogen) atoms. The van der Waals surface area contributed by atoms with Gasteiger partial charge in [-0.15, -0.1) is 11.3 Å². The van der Waals surface area contributed by atoms with E-state index in [-0.39, 0.29) is 18.1 Å². The third kappa shape index (κ3) is 4.78. The summed E-state index contributed by atoms with van der Waals surface area (Å²) in [5.74, 6) is 0.519. The molecule has 0 spiro atoms. The lowest BCUT2D eigenvalue weighted by Gasteiger charge is -2.08. The fraction of sp³-hybridized carbons (Fsp3) is 0.308. The summed E-state index contributed by atoms with van der Waals surface area (Å²) >= 11 is 1.50. The molecule has 114 valence electrons. The van der Waals surface area contributed by atoms with Crippen LogP contribution in [0.15, 0.2) is 40.7 Å². The van der Waals surface area contributed by atoms with E-state index in [0.717, 1.165) is 5.01 Å². The van der Waals surface area contributed by atoms with E-state index in [1.807, 2.05) is 5.38 Å². The van der Waals surface area contributed by atoms with Gasteiger partial charge >= 0.3 is 0 Å². The summed E-state index contributed by atoms with van der Waals surface area (Å²) in [6.45, 7) is 0.398. The van der Waals surface area contributed by atoms with Crippen LogP contribution in [0.1, 0.15) is 5.01 Å². The van der Waals surface area contributed by atoms with Gasteiger partial charge < -0.3 is 9.84 Å². The number of aliphatic hydroxyl groups excluding tert-OH is 1. The van der Waals surface area contributed by atoms with Crippen LogP contribution in [0.2, 0.25) is 0 Å². The number of nitrogens with one attached hydrogen (secondary N) is 1. The third-order valence-electron chi connectivity index (χ3n) is 2.61. The van der Waals surface area contributed by atoms with Gasteiger partial charge in [0.25, 0.3) is 0 Å². The molecule has 0 bridgehead atoms. The first-order chi connectivity index (χ1) is 10.1. The SMILES string of the molecule is O=S(=O)(NCCc1nccs1)c1ccc(OCCO)cc1. The van der Waals surface area contributed by atoms with Crippen LogP contribution < -0.4 is 9.46 Å². The molecule has 1 heterocycles. The normalized spacial score (nSPS) is 11.5. The summed E-state index contributed by atoms with van der Waals surface area (Å²) in [5, 5.41) is 11.4. The number of aromatic nitrogens is 1. The zero-order valence-electron chi connectivity index (χ0n) is 11.2. The number of sulfonamides is 1. The highest BCUT2D eigenvalue weighted by Gasteiger charge is 2.13. The second-order valence-corrected chi connectivity index (χ2v) is 6.86. The van der Waals surface area contributed by atoms with Crippen molar-refractivity contribution in [2.75, 3.05) is 19.8 Å². The largest absolute Gasteiger partial charge is 0.491 e. The maximum absolute atomic E-state index is 12.1. The molecule has 8 heteroatoms. The van der Waals surface area contributed by atoms with Gasteiger partial charge in [0.15, 0.2) is 0 Å². The molecular weight excluding hydrogens is 312 g/mol. The Morgan fingerprint density at radius 2 is 2.05 bits per heavy atom. The lowest BCUT2D eigenvalue weighted by atomic mass is 10.3. The first-order valence-corrected chi connectivity index (χ1v) is 8.70. The summed E-state index contributed by atoms with van der Waals surface area (Å²) in [7, 11) is -3.53. The number of hydrogen-bond acceptors (Lipinski definition) is 6. The Kier molecular flexibility index (Phi) is 5.68. The molecule has 0 radical (unpaired) electrons. The summed E-state index contributed by atoms with van der Waals surface area (Å²) in [6, 6.07) is 6.06. The molecule has 0 aliphatic rings. The van der Waals surface area contributed by atoms with Crippen molar-refractivity contribution in [1.82, 2.24) is 9.71 Å². The van der Waals surface area contributed by atoms with Gasteiger partial charge in [0.05, 0.1) is 16.5 Å².